The van der Waals surface area contributed by atoms with Crippen LogP contribution in [0.25, 0.3) is 0 Å². The lowest BCUT2D eigenvalue weighted by Gasteiger charge is -2.29. The van der Waals surface area contributed by atoms with Crippen LogP contribution in [0.2, 0.25) is 0 Å². The van der Waals surface area contributed by atoms with Gasteiger partial charge >= 0.3 is 7.60 Å². The quantitative estimate of drug-likeness (QED) is 0.697. The summed E-state index contributed by atoms with van der Waals surface area (Å²) in [6.07, 6.45) is 1.23. The van der Waals surface area contributed by atoms with Crippen molar-refractivity contribution in [3.8, 4) is 0 Å². The molecule has 0 aromatic heterocycles. The Morgan fingerprint density at radius 1 is 1.16 bits per heavy atom. The fraction of sp³-hybridized carbons (Fsp3) is 0.923. The van der Waals surface area contributed by atoms with Gasteiger partial charge in [-0.05, 0) is 41.0 Å². The molecule has 0 saturated carbocycles. The zero-order valence-corrected chi connectivity index (χ0v) is 13.9. The molecular weight excluding hydrogens is 265 g/mol. The van der Waals surface area contributed by atoms with Gasteiger partial charge < -0.3 is 14.4 Å². The third kappa shape index (κ3) is 6.55. The molecule has 1 atom stereocenters. The third-order valence-electron chi connectivity index (χ3n) is 2.36. The summed E-state index contributed by atoms with van der Waals surface area (Å²) in [5.74, 6) is -0.264. The second-order valence-corrected chi connectivity index (χ2v) is 7.64. The standard InChI is InChI=1S/C13H28NO4P/c1-7-10-11(12(15)14-13(4,5)6)19(16,17-8-2)18-9-3/h11H,7-10H2,1-6H3,(H,14,15). The normalized spacial score (nSPS) is 14.2. The highest BCUT2D eigenvalue weighted by molar-refractivity contribution is 7.55. The van der Waals surface area contributed by atoms with Gasteiger partial charge in [0.25, 0.3) is 0 Å². The number of nitrogens with one attached hydrogen (secondary N) is 1. The molecule has 19 heavy (non-hydrogen) atoms. The van der Waals surface area contributed by atoms with E-state index >= 15 is 0 Å². The first-order valence-electron chi connectivity index (χ1n) is 6.91. The topological polar surface area (TPSA) is 64.6 Å². The zero-order chi connectivity index (χ0) is 15.1. The van der Waals surface area contributed by atoms with Crippen molar-refractivity contribution < 1.29 is 18.4 Å². The summed E-state index contributed by atoms with van der Waals surface area (Å²) in [4.78, 5) is 12.3. The Labute approximate surface area is 117 Å². The Bertz CT molecular complexity index is 315. The maximum Gasteiger partial charge on any atom is 0.343 e. The largest absolute Gasteiger partial charge is 0.351 e. The Morgan fingerprint density at radius 2 is 1.63 bits per heavy atom. The summed E-state index contributed by atoms with van der Waals surface area (Å²) in [6, 6.07) is 0. The van der Waals surface area contributed by atoms with Crippen molar-refractivity contribution in [2.45, 2.75) is 65.6 Å². The average molecular weight is 293 g/mol. The Morgan fingerprint density at radius 3 is 1.95 bits per heavy atom. The van der Waals surface area contributed by atoms with E-state index in [1.807, 2.05) is 27.7 Å². The van der Waals surface area contributed by atoms with Gasteiger partial charge in [-0.2, -0.15) is 0 Å². The average Bonchev–Trinajstić information content (AvgIpc) is 2.23. The molecule has 5 nitrogen and oxygen atoms in total. The van der Waals surface area contributed by atoms with Gasteiger partial charge in [-0.25, -0.2) is 0 Å². The number of amides is 1. The molecule has 0 aliphatic carbocycles. The second-order valence-electron chi connectivity index (χ2n) is 5.42. The Kier molecular flexibility index (Phi) is 7.87. The molecule has 1 amide bonds. The zero-order valence-electron chi connectivity index (χ0n) is 13.0. The molecule has 1 N–H and O–H groups in total. The molecule has 6 heteroatoms. The lowest BCUT2D eigenvalue weighted by molar-refractivity contribution is -0.122. The van der Waals surface area contributed by atoms with Crippen LogP contribution < -0.4 is 5.32 Å². The van der Waals surface area contributed by atoms with Crippen LogP contribution in [0.3, 0.4) is 0 Å². The SMILES string of the molecule is CCCC(C(=O)NC(C)(C)C)P(=O)(OCC)OCC. The fourth-order valence-electron chi connectivity index (χ4n) is 1.74. The van der Waals surface area contributed by atoms with E-state index in [2.05, 4.69) is 5.32 Å². The van der Waals surface area contributed by atoms with Crippen LogP contribution in [0, 0.1) is 0 Å². The molecule has 0 radical (unpaired) electrons. The van der Waals surface area contributed by atoms with Crippen molar-refractivity contribution in [2.75, 3.05) is 13.2 Å². The summed E-state index contributed by atoms with van der Waals surface area (Å²) >= 11 is 0. The minimum atomic E-state index is -3.40. The Balaban J connectivity index is 5.14. The van der Waals surface area contributed by atoms with Crippen LogP contribution in [-0.2, 0) is 18.4 Å². The molecule has 0 saturated heterocycles. The predicted octanol–water partition coefficient (Wildman–Crippen LogP) is 3.34. The van der Waals surface area contributed by atoms with E-state index < -0.39 is 13.3 Å². The minimum Gasteiger partial charge on any atom is -0.351 e. The first-order chi connectivity index (χ1) is 8.70. The smallest absolute Gasteiger partial charge is 0.343 e. The van der Waals surface area contributed by atoms with Crippen molar-refractivity contribution in [1.82, 2.24) is 5.32 Å². The fourth-order valence-corrected chi connectivity index (χ4v) is 3.82. The first-order valence-corrected chi connectivity index (χ1v) is 8.52. The lowest BCUT2D eigenvalue weighted by atomic mass is 10.1. The molecule has 0 rings (SSSR count). The van der Waals surface area contributed by atoms with Gasteiger partial charge in [0.05, 0.1) is 13.2 Å². The van der Waals surface area contributed by atoms with Gasteiger partial charge in [-0.3, -0.25) is 9.36 Å². The Hall–Kier alpha value is -0.380. The van der Waals surface area contributed by atoms with E-state index in [9.17, 15) is 9.36 Å². The van der Waals surface area contributed by atoms with E-state index in [4.69, 9.17) is 9.05 Å². The van der Waals surface area contributed by atoms with E-state index in [1.165, 1.54) is 0 Å². The molecular formula is C13H28NO4P. The molecule has 0 heterocycles. The number of carbonyl (C=O) groups excluding carboxylic acids is 1. The van der Waals surface area contributed by atoms with Gasteiger partial charge in [0, 0.05) is 5.54 Å². The van der Waals surface area contributed by atoms with Crippen molar-refractivity contribution >= 4 is 13.5 Å². The summed E-state index contributed by atoms with van der Waals surface area (Å²) in [5.41, 5.74) is -1.11. The molecule has 0 spiro atoms. The van der Waals surface area contributed by atoms with Gasteiger partial charge in [0.15, 0.2) is 0 Å². The second kappa shape index (κ2) is 8.03. The molecule has 0 aliphatic rings. The van der Waals surface area contributed by atoms with Gasteiger partial charge in [-0.1, -0.05) is 13.3 Å². The molecule has 1 unspecified atom stereocenters. The number of hydrogen-bond acceptors (Lipinski definition) is 4. The number of carbonyl (C=O) groups is 1. The highest BCUT2D eigenvalue weighted by Gasteiger charge is 2.41. The lowest BCUT2D eigenvalue weighted by Crippen LogP contribution is -2.46. The molecule has 0 aromatic carbocycles. The van der Waals surface area contributed by atoms with Crippen LogP contribution in [0.15, 0.2) is 0 Å². The predicted molar refractivity (Wildman–Crippen MR) is 77.5 cm³/mol. The van der Waals surface area contributed by atoms with Crippen LogP contribution in [0.4, 0.5) is 0 Å². The monoisotopic (exact) mass is 293 g/mol. The van der Waals surface area contributed by atoms with Crippen molar-refractivity contribution in [3.63, 3.8) is 0 Å². The summed E-state index contributed by atoms with van der Waals surface area (Å²) in [7, 11) is -3.40. The maximum absolute atomic E-state index is 12.7. The van der Waals surface area contributed by atoms with Gasteiger partial charge in [-0.15, -0.1) is 0 Å². The summed E-state index contributed by atoms with van der Waals surface area (Å²) in [5, 5.41) is 2.86. The minimum absolute atomic E-state index is 0.264. The number of rotatable bonds is 8. The van der Waals surface area contributed by atoms with Crippen molar-refractivity contribution in [2.24, 2.45) is 0 Å². The van der Waals surface area contributed by atoms with Crippen molar-refractivity contribution in [3.05, 3.63) is 0 Å². The maximum atomic E-state index is 12.7. The van der Waals surface area contributed by atoms with Crippen LogP contribution in [-0.4, -0.2) is 30.3 Å². The highest BCUT2D eigenvalue weighted by Crippen LogP contribution is 2.54. The van der Waals surface area contributed by atoms with Crippen LogP contribution in [0.5, 0.6) is 0 Å². The van der Waals surface area contributed by atoms with Gasteiger partial charge in [0.2, 0.25) is 5.91 Å². The summed E-state index contributed by atoms with van der Waals surface area (Å²) < 4.78 is 23.3. The highest BCUT2D eigenvalue weighted by atomic mass is 31.2. The molecule has 114 valence electrons. The first kappa shape index (κ1) is 18.6. The van der Waals surface area contributed by atoms with Gasteiger partial charge in [0.1, 0.15) is 5.66 Å². The molecule has 0 fully saturated rings. The van der Waals surface area contributed by atoms with Crippen LogP contribution in [0.1, 0.15) is 54.4 Å². The molecule has 0 bridgehead atoms. The third-order valence-corrected chi connectivity index (χ3v) is 4.86. The molecule has 0 aromatic rings. The van der Waals surface area contributed by atoms with E-state index in [1.54, 1.807) is 13.8 Å². The van der Waals surface area contributed by atoms with E-state index in [0.717, 1.165) is 6.42 Å². The number of hydrogen-bond donors (Lipinski definition) is 1. The van der Waals surface area contributed by atoms with E-state index in [-0.39, 0.29) is 24.7 Å². The van der Waals surface area contributed by atoms with Crippen LogP contribution >= 0.6 is 7.60 Å². The summed E-state index contributed by atoms with van der Waals surface area (Å²) in [6.45, 7) is 11.6. The van der Waals surface area contributed by atoms with E-state index in [0.29, 0.717) is 6.42 Å². The molecule has 0 aliphatic heterocycles. The van der Waals surface area contributed by atoms with Crippen molar-refractivity contribution in [1.29, 1.82) is 0 Å².